The van der Waals surface area contributed by atoms with Crippen LogP contribution in [0.4, 0.5) is 0 Å². The van der Waals surface area contributed by atoms with Gasteiger partial charge < -0.3 is 15.7 Å². The van der Waals surface area contributed by atoms with Crippen molar-refractivity contribution < 1.29 is 14.7 Å². The van der Waals surface area contributed by atoms with E-state index in [1.54, 1.807) is 0 Å². The zero-order chi connectivity index (χ0) is 20.5. The minimum absolute atomic E-state index is 0.0463. The minimum atomic E-state index is -0.651. The molecule has 3 atom stereocenters. The number of hydrogen-bond donors (Lipinski definition) is 4. The van der Waals surface area contributed by atoms with Crippen LogP contribution in [0.25, 0.3) is 0 Å². The van der Waals surface area contributed by atoms with Gasteiger partial charge in [0.15, 0.2) is 0 Å². The molecule has 160 valence electrons. The number of aliphatic hydroxyl groups is 1. The Bertz CT molecular complexity index is 391. The molecule has 4 N–H and O–H groups in total. The molecule has 6 nitrogen and oxygen atoms in total. The number of carbonyl (C=O) groups excluding carboxylic acids is 2. The first-order valence-corrected chi connectivity index (χ1v) is 11.0. The van der Waals surface area contributed by atoms with E-state index in [0.717, 1.165) is 57.9 Å². The summed E-state index contributed by atoms with van der Waals surface area (Å²) >= 11 is 0. The predicted octanol–water partition coefficient (Wildman–Crippen LogP) is 3.09. The van der Waals surface area contributed by atoms with Crippen LogP contribution in [0.15, 0.2) is 0 Å². The van der Waals surface area contributed by atoms with E-state index in [1.807, 2.05) is 6.92 Å². The average Bonchev–Trinajstić information content (AvgIpc) is 2.65. The molecule has 2 amide bonds. The quantitative estimate of drug-likeness (QED) is 0.229. The van der Waals surface area contributed by atoms with Crippen LogP contribution in [-0.4, -0.2) is 42.3 Å². The minimum Gasteiger partial charge on any atom is -0.379 e. The van der Waals surface area contributed by atoms with Gasteiger partial charge in [-0.25, -0.2) is 0 Å². The first-order chi connectivity index (χ1) is 13.0. The van der Waals surface area contributed by atoms with Crippen LogP contribution in [0.5, 0.6) is 0 Å². The van der Waals surface area contributed by atoms with E-state index in [1.165, 1.54) is 0 Å². The van der Waals surface area contributed by atoms with E-state index in [4.69, 9.17) is 0 Å². The normalized spacial score (nSPS) is 14.4. The molecular formula is C21H43N3O3. The highest BCUT2D eigenvalue weighted by molar-refractivity contribution is 5.88. The van der Waals surface area contributed by atoms with Crippen LogP contribution in [0.3, 0.4) is 0 Å². The third-order valence-electron chi connectivity index (χ3n) is 4.87. The Morgan fingerprint density at radius 1 is 0.815 bits per heavy atom. The lowest BCUT2D eigenvalue weighted by atomic mass is 9.97. The summed E-state index contributed by atoms with van der Waals surface area (Å²) in [7, 11) is 0. The highest BCUT2D eigenvalue weighted by atomic mass is 16.3. The number of aliphatic hydroxyl groups excluding tert-OH is 1. The van der Waals surface area contributed by atoms with Crippen molar-refractivity contribution in [1.82, 2.24) is 16.0 Å². The maximum atomic E-state index is 12.6. The monoisotopic (exact) mass is 385 g/mol. The van der Waals surface area contributed by atoms with Gasteiger partial charge in [-0.1, -0.05) is 53.4 Å². The summed E-state index contributed by atoms with van der Waals surface area (Å²) in [6, 6.07) is -0.590. The number of amides is 2. The molecule has 0 heterocycles. The topological polar surface area (TPSA) is 90.5 Å². The van der Waals surface area contributed by atoms with Crippen LogP contribution in [-0.2, 0) is 9.59 Å². The van der Waals surface area contributed by atoms with Crippen LogP contribution in [0, 0.1) is 5.92 Å². The fourth-order valence-electron chi connectivity index (χ4n) is 2.91. The SMILES string of the molecule is CCCCNC(=O)C(CCC(O)NCCCC)NC(=O)C(CC)CCCC. The molecule has 0 aromatic heterocycles. The lowest BCUT2D eigenvalue weighted by Gasteiger charge is -2.23. The number of carbonyl (C=O) groups is 2. The van der Waals surface area contributed by atoms with E-state index in [0.29, 0.717) is 19.4 Å². The van der Waals surface area contributed by atoms with Crippen molar-refractivity contribution in [3.05, 3.63) is 0 Å². The molecule has 0 saturated heterocycles. The Balaban J connectivity index is 4.71. The molecule has 0 aliphatic rings. The molecule has 0 bridgehead atoms. The van der Waals surface area contributed by atoms with Gasteiger partial charge in [0.2, 0.25) is 11.8 Å². The second kappa shape index (κ2) is 17.0. The molecule has 0 radical (unpaired) electrons. The lowest BCUT2D eigenvalue weighted by molar-refractivity contribution is -0.131. The molecule has 0 aromatic rings. The van der Waals surface area contributed by atoms with Gasteiger partial charge in [-0.15, -0.1) is 0 Å². The number of nitrogens with one attached hydrogen (secondary N) is 3. The number of rotatable bonds is 17. The van der Waals surface area contributed by atoms with E-state index in [2.05, 4.69) is 36.7 Å². The maximum absolute atomic E-state index is 12.6. The summed E-state index contributed by atoms with van der Waals surface area (Å²) in [5.74, 6) is -0.249. The Morgan fingerprint density at radius 3 is 2.04 bits per heavy atom. The molecule has 0 aliphatic carbocycles. The molecule has 0 fully saturated rings. The van der Waals surface area contributed by atoms with E-state index in [9.17, 15) is 14.7 Å². The summed E-state index contributed by atoms with van der Waals surface area (Å²) in [6.07, 6.45) is 7.89. The second-order valence-corrected chi connectivity index (χ2v) is 7.35. The van der Waals surface area contributed by atoms with Gasteiger partial charge in [0, 0.05) is 12.5 Å². The van der Waals surface area contributed by atoms with E-state index < -0.39 is 12.3 Å². The summed E-state index contributed by atoms with van der Waals surface area (Å²) < 4.78 is 0. The maximum Gasteiger partial charge on any atom is 0.242 e. The Kier molecular flexibility index (Phi) is 16.3. The van der Waals surface area contributed by atoms with Gasteiger partial charge in [-0.05, 0) is 45.1 Å². The zero-order valence-electron chi connectivity index (χ0n) is 18.0. The van der Waals surface area contributed by atoms with E-state index >= 15 is 0 Å². The van der Waals surface area contributed by atoms with Gasteiger partial charge in [0.05, 0.1) is 0 Å². The van der Waals surface area contributed by atoms with Gasteiger partial charge in [0.1, 0.15) is 12.3 Å². The molecule has 0 rings (SSSR count). The molecule has 0 aromatic carbocycles. The highest BCUT2D eigenvalue weighted by Gasteiger charge is 2.25. The standard InChI is InChI=1S/C21H43N3O3/c1-5-9-12-17(8-4)20(26)24-18(21(27)23-16-11-7-3)13-14-19(25)22-15-10-6-2/h17-19,22,25H,5-16H2,1-4H3,(H,23,27)(H,24,26). The lowest BCUT2D eigenvalue weighted by Crippen LogP contribution is -2.49. The van der Waals surface area contributed by atoms with Crippen LogP contribution in [0.1, 0.15) is 91.9 Å². The van der Waals surface area contributed by atoms with Crippen molar-refractivity contribution in [2.45, 2.75) is 104 Å². The smallest absolute Gasteiger partial charge is 0.242 e. The molecular weight excluding hydrogens is 342 g/mol. The van der Waals surface area contributed by atoms with Gasteiger partial charge in [-0.3, -0.25) is 14.9 Å². The zero-order valence-corrected chi connectivity index (χ0v) is 18.0. The van der Waals surface area contributed by atoms with Gasteiger partial charge in [-0.2, -0.15) is 0 Å². The first kappa shape index (κ1) is 25.9. The third-order valence-corrected chi connectivity index (χ3v) is 4.87. The third kappa shape index (κ3) is 12.8. The fourth-order valence-corrected chi connectivity index (χ4v) is 2.91. The van der Waals surface area contributed by atoms with Gasteiger partial charge >= 0.3 is 0 Å². The Hall–Kier alpha value is -1.14. The summed E-state index contributed by atoms with van der Waals surface area (Å²) in [6.45, 7) is 9.67. The molecule has 3 unspecified atom stereocenters. The van der Waals surface area contributed by atoms with Crippen LogP contribution >= 0.6 is 0 Å². The van der Waals surface area contributed by atoms with Crippen molar-refractivity contribution in [2.24, 2.45) is 5.92 Å². The summed E-state index contributed by atoms with van der Waals surface area (Å²) in [5, 5.41) is 19.0. The molecule has 0 aliphatic heterocycles. The van der Waals surface area contributed by atoms with Crippen molar-refractivity contribution in [2.75, 3.05) is 13.1 Å². The average molecular weight is 386 g/mol. The fraction of sp³-hybridized carbons (Fsp3) is 0.905. The molecule has 6 heteroatoms. The Morgan fingerprint density at radius 2 is 1.44 bits per heavy atom. The number of hydrogen-bond acceptors (Lipinski definition) is 4. The van der Waals surface area contributed by atoms with Gasteiger partial charge in [0.25, 0.3) is 0 Å². The predicted molar refractivity (Wildman–Crippen MR) is 111 cm³/mol. The van der Waals surface area contributed by atoms with Crippen molar-refractivity contribution in [3.8, 4) is 0 Å². The molecule has 27 heavy (non-hydrogen) atoms. The highest BCUT2D eigenvalue weighted by Crippen LogP contribution is 2.14. The second-order valence-electron chi connectivity index (χ2n) is 7.35. The summed E-state index contributed by atoms with van der Waals surface area (Å²) in [5.41, 5.74) is 0. The Labute approximate surface area is 166 Å². The van der Waals surface area contributed by atoms with Crippen molar-refractivity contribution >= 4 is 11.8 Å². The van der Waals surface area contributed by atoms with Crippen LogP contribution < -0.4 is 16.0 Å². The summed E-state index contributed by atoms with van der Waals surface area (Å²) in [4.78, 5) is 25.1. The van der Waals surface area contributed by atoms with Crippen LogP contribution in [0.2, 0.25) is 0 Å². The first-order valence-electron chi connectivity index (χ1n) is 11.0. The molecule has 0 saturated carbocycles. The van der Waals surface area contributed by atoms with Crippen molar-refractivity contribution in [3.63, 3.8) is 0 Å². The van der Waals surface area contributed by atoms with E-state index in [-0.39, 0.29) is 17.7 Å². The largest absolute Gasteiger partial charge is 0.379 e. The number of unbranched alkanes of at least 4 members (excludes halogenated alkanes) is 3. The van der Waals surface area contributed by atoms with Crippen molar-refractivity contribution in [1.29, 1.82) is 0 Å². The molecule has 0 spiro atoms.